The minimum Gasteiger partial charge on any atom is -0.462 e. The normalized spacial score (nSPS) is 20.9. The lowest BCUT2D eigenvalue weighted by molar-refractivity contribution is -0.305. The fraction of sp³-hybridized carbons (Fsp3) is 0.822. The number of carbonyl (C=O) groups is 2. The monoisotopic (exact) mass is 781 g/mol. The third-order valence-corrected chi connectivity index (χ3v) is 10.1. The lowest BCUT2D eigenvalue weighted by Crippen LogP contribution is -2.59. The van der Waals surface area contributed by atoms with Crippen LogP contribution in [0, 0.1) is 0 Å². The van der Waals surface area contributed by atoms with E-state index >= 15 is 0 Å². The lowest BCUT2D eigenvalue weighted by atomic mass is 9.99. The topological polar surface area (TPSA) is 152 Å². The Morgan fingerprint density at radius 3 is 1.62 bits per heavy atom. The average Bonchev–Trinajstić information content (AvgIpc) is 3.18. The highest BCUT2D eigenvalue weighted by atomic mass is 16.7. The van der Waals surface area contributed by atoms with E-state index in [0.717, 1.165) is 38.5 Å². The van der Waals surface area contributed by atoms with Gasteiger partial charge in [0, 0.05) is 12.5 Å². The molecular formula is C45H80O10. The van der Waals surface area contributed by atoms with Crippen LogP contribution < -0.4 is 0 Å². The molecule has 4 N–H and O–H groups in total. The maximum absolute atomic E-state index is 12.6. The zero-order valence-electron chi connectivity index (χ0n) is 34.7. The molecule has 320 valence electrons. The van der Waals surface area contributed by atoms with E-state index in [-0.39, 0.29) is 19.6 Å². The van der Waals surface area contributed by atoms with Crippen molar-refractivity contribution in [3.8, 4) is 0 Å². The molecule has 0 saturated carbocycles. The molecule has 1 fully saturated rings. The van der Waals surface area contributed by atoms with Gasteiger partial charge in [0.2, 0.25) is 0 Å². The first-order valence-electron chi connectivity index (χ1n) is 22.1. The van der Waals surface area contributed by atoms with Crippen LogP contribution in [0.1, 0.15) is 181 Å². The van der Waals surface area contributed by atoms with Crippen molar-refractivity contribution in [3.05, 3.63) is 36.5 Å². The molecule has 0 aliphatic carbocycles. The van der Waals surface area contributed by atoms with E-state index < -0.39 is 55.4 Å². The SMILES string of the molecule is CCCCCCCCCC/C=C/CCCCCC(=O)OC[C@@H](CO[C@H]1O[C@@H](CO)[C@@H](O)C(O)C1O)OC(=O)/C=C/C=C/CCCCCCCCCCCCC. The number of hydrogen-bond donors (Lipinski definition) is 4. The van der Waals surface area contributed by atoms with Crippen LogP contribution in [-0.4, -0.2) is 89.0 Å². The standard InChI is InChI=1S/C45H80O10/c1-3-5-7-9-11-13-15-17-19-21-23-25-27-29-31-33-40(47)52-36-38(37-53-45-44(51)43(50)42(49)39(35-46)55-45)54-41(48)34-32-30-28-26-24-22-20-18-16-14-12-10-8-6-4-2/h21,23,28,30,32,34,38-39,42-46,49-51H,3-20,22,24-27,29,31,33,35-37H2,1-2H3/b23-21+,30-28+,34-32+/t38-,39-,42+,43?,44?,45-/m0/s1. The zero-order chi connectivity index (χ0) is 40.2. The second-order valence-electron chi connectivity index (χ2n) is 15.2. The molecule has 0 amide bonds. The molecule has 10 nitrogen and oxygen atoms in total. The van der Waals surface area contributed by atoms with Crippen molar-refractivity contribution in [3.63, 3.8) is 0 Å². The first-order valence-corrected chi connectivity index (χ1v) is 22.1. The van der Waals surface area contributed by atoms with Gasteiger partial charge in [0.25, 0.3) is 0 Å². The largest absolute Gasteiger partial charge is 0.462 e. The van der Waals surface area contributed by atoms with Gasteiger partial charge in [0.1, 0.15) is 31.0 Å². The third-order valence-electron chi connectivity index (χ3n) is 10.1. The van der Waals surface area contributed by atoms with Gasteiger partial charge in [0.05, 0.1) is 13.2 Å². The highest BCUT2D eigenvalue weighted by Gasteiger charge is 2.44. The molecule has 2 unspecified atom stereocenters. The van der Waals surface area contributed by atoms with Gasteiger partial charge in [-0.05, 0) is 44.9 Å². The Balaban J connectivity index is 2.40. The van der Waals surface area contributed by atoms with Crippen LogP contribution >= 0.6 is 0 Å². The summed E-state index contributed by atoms with van der Waals surface area (Å²) in [6, 6.07) is 0. The molecule has 1 aliphatic heterocycles. The summed E-state index contributed by atoms with van der Waals surface area (Å²) in [5.74, 6) is -1.08. The summed E-state index contributed by atoms with van der Waals surface area (Å²) in [5, 5.41) is 40.0. The number of aliphatic hydroxyl groups is 4. The van der Waals surface area contributed by atoms with Gasteiger partial charge in [-0.3, -0.25) is 4.79 Å². The zero-order valence-corrected chi connectivity index (χ0v) is 34.7. The van der Waals surface area contributed by atoms with E-state index in [2.05, 4.69) is 26.0 Å². The quantitative estimate of drug-likeness (QED) is 0.0159. The summed E-state index contributed by atoms with van der Waals surface area (Å²) in [5.41, 5.74) is 0. The number of unbranched alkanes of at least 4 members (excludes halogenated alkanes) is 22. The third kappa shape index (κ3) is 28.0. The van der Waals surface area contributed by atoms with Gasteiger partial charge in [0.15, 0.2) is 12.4 Å². The number of aliphatic hydroxyl groups excluding tert-OH is 4. The highest BCUT2D eigenvalue weighted by molar-refractivity contribution is 5.82. The molecule has 0 aromatic carbocycles. The Hall–Kier alpha value is -2.08. The van der Waals surface area contributed by atoms with Crippen LogP contribution in [0.5, 0.6) is 0 Å². The molecule has 0 bridgehead atoms. The number of hydrogen-bond acceptors (Lipinski definition) is 10. The second-order valence-corrected chi connectivity index (χ2v) is 15.2. The van der Waals surface area contributed by atoms with E-state index in [4.69, 9.17) is 18.9 Å². The summed E-state index contributed by atoms with van der Waals surface area (Å²) >= 11 is 0. The summed E-state index contributed by atoms with van der Waals surface area (Å²) in [4.78, 5) is 25.2. The molecule has 0 spiro atoms. The van der Waals surface area contributed by atoms with Crippen LogP contribution in [0.3, 0.4) is 0 Å². The Labute approximate surface area is 334 Å². The van der Waals surface area contributed by atoms with E-state index in [1.54, 1.807) is 6.08 Å². The van der Waals surface area contributed by atoms with Crippen molar-refractivity contribution in [2.75, 3.05) is 19.8 Å². The van der Waals surface area contributed by atoms with Crippen molar-refractivity contribution < 1.29 is 49.0 Å². The van der Waals surface area contributed by atoms with Gasteiger partial charge in [-0.15, -0.1) is 0 Å². The first-order chi connectivity index (χ1) is 26.8. The predicted octanol–water partition coefficient (Wildman–Crippen LogP) is 9.11. The maximum Gasteiger partial charge on any atom is 0.331 e. The fourth-order valence-corrected chi connectivity index (χ4v) is 6.56. The molecule has 0 aromatic heterocycles. The Morgan fingerprint density at radius 2 is 1.09 bits per heavy atom. The van der Waals surface area contributed by atoms with Crippen LogP contribution in [0.25, 0.3) is 0 Å². The van der Waals surface area contributed by atoms with Crippen LogP contribution in [0.4, 0.5) is 0 Å². The van der Waals surface area contributed by atoms with Crippen LogP contribution in [-0.2, 0) is 28.5 Å². The summed E-state index contributed by atoms with van der Waals surface area (Å²) < 4.78 is 21.9. The molecular weight excluding hydrogens is 700 g/mol. The molecule has 0 aromatic rings. The number of rotatable bonds is 36. The fourth-order valence-electron chi connectivity index (χ4n) is 6.56. The Morgan fingerprint density at radius 1 is 0.600 bits per heavy atom. The molecule has 55 heavy (non-hydrogen) atoms. The van der Waals surface area contributed by atoms with Gasteiger partial charge in [-0.25, -0.2) is 4.79 Å². The van der Waals surface area contributed by atoms with Crippen molar-refractivity contribution in [1.29, 1.82) is 0 Å². The van der Waals surface area contributed by atoms with Crippen molar-refractivity contribution in [1.82, 2.24) is 0 Å². The van der Waals surface area contributed by atoms with Gasteiger partial charge >= 0.3 is 11.9 Å². The molecule has 10 heteroatoms. The van der Waals surface area contributed by atoms with E-state index in [1.807, 2.05) is 12.2 Å². The summed E-state index contributed by atoms with van der Waals surface area (Å²) in [6.45, 7) is 3.29. The van der Waals surface area contributed by atoms with Crippen LogP contribution in [0.15, 0.2) is 36.5 Å². The highest BCUT2D eigenvalue weighted by Crippen LogP contribution is 2.22. The number of carbonyl (C=O) groups excluding carboxylic acids is 2. The van der Waals surface area contributed by atoms with Crippen LogP contribution in [0.2, 0.25) is 0 Å². The maximum atomic E-state index is 12.6. The average molecular weight is 781 g/mol. The van der Waals surface area contributed by atoms with E-state index in [9.17, 15) is 30.0 Å². The Kier molecular flexibility index (Phi) is 33.6. The van der Waals surface area contributed by atoms with Gasteiger partial charge in [-0.2, -0.15) is 0 Å². The van der Waals surface area contributed by atoms with E-state index in [1.165, 1.54) is 122 Å². The molecule has 1 aliphatic rings. The minimum absolute atomic E-state index is 0.236. The predicted molar refractivity (Wildman–Crippen MR) is 219 cm³/mol. The number of ether oxygens (including phenoxy) is 4. The molecule has 1 rings (SSSR count). The van der Waals surface area contributed by atoms with Crippen molar-refractivity contribution >= 4 is 11.9 Å². The van der Waals surface area contributed by atoms with Crippen molar-refractivity contribution in [2.24, 2.45) is 0 Å². The molecule has 0 radical (unpaired) electrons. The summed E-state index contributed by atoms with van der Waals surface area (Å²) in [6.07, 6.45) is 33.5. The molecule has 6 atom stereocenters. The number of allylic oxidation sites excluding steroid dienone is 5. The van der Waals surface area contributed by atoms with Gasteiger partial charge in [-0.1, -0.05) is 160 Å². The molecule has 1 heterocycles. The number of esters is 2. The second kappa shape index (κ2) is 36.3. The van der Waals surface area contributed by atoms with E-state index in [0.29, 0.717) is 6.42 Å². The first kappa shape index (κ1) is 50.9. The summed E-state index contributed by atoms with van der Waals surface area (Å²) in [7, 11) is 0. The Bertz CT molecular complexity index is 996. The van der Waals surface area contributed by atoms with Gasteiger partial charge < -0.3 is 39.4 Å². The van der Waals surface area contributed by atoms with Crippen molar-refractivity contribution in [2.45, 2.75) is 218 Å². The smallest absolute Gasteiger partial charge is 0.331 e. The minimum atomic E-state index is -1.61. The molecule has 1 saturated heterocycles. The lowest BCUT2D eigenvalue weighted by Gasteiger charge is -2.39.